The third kappa shape index (κ3) is 3.44. The fraction of sp³-hybridized carbons (Fsp3) is 0.312. The van der Waals surface area contributed by atoms with E-state index in [0.717, 1.165) is 16.9 Å². The predicted molar refractivity (Wildman–Crippen MR) is 89.4 cm³/mol. The summed E-state index contributed by atoms with van der Waals surface area (Å²) in [5, 5.41) is 19.3. The molecule has 1 aromatic carbocycles. The molecule has 0 radical (unpaired) electrons. The minimum absolute atomic E-state index is 0.0406. The molecule has 2 heterocycles. The van der Waals surface area contributed by atoms with Crippen LogP contribution in [0.4, 0.5) is 5.82 Å². The smallest absolute Gasteiger partial charge is 0.314 e. The van der Waals surface area contributed by atoms with Crippen molar-refractivity contribution in [2.75, 3.05) is 17.6 Å². The monoisotopic (exact) mass is 347 g/mol. The summed E-state index contributed by atoms with van der Waals surface area (Å²) in [4.78, 5) is 23.8. The third-order valence-electron chi connectivity index (χ3n) is 3.73. The van der Waals surface area contributed by atoms with Gasteiger partial charge in [0.05, 0.1) is 6.54 Å². The molecule has 8 heteroatoms. The lowest BCUT2D eigenvalue weighted by atomic mass is 9.91. The Bertz CT molecular complexity index is 776. The Morgan fingerprint density at radius 2 is 2.17 bits per heavy atom. The van der Waals surface area contributed by atoms with Crippen LogP contribution in [0.3, 0.4) is 0 Å². The van der Waals surface area contributed by atoms with Crippen molar-refractivity contribution < 1.29 is 19.2 Å². The van der Waals surface area contributed by atoms with Gasteiger partial charge in [-0.25, -0.2) is 0 Å². The summed E-state index contributed by atoms with van der Waals surface area (Å²) in [6.45, 7) is 1.64. The Balaban J connectivity index is 1.63. The van der Waals surface area contributed by atoms with E-state index in [1.807, 2.05) is 24.3 Å². The van der Waals surface area contributed by atoms with Gasteiger partial charge in [-0.05, 0) is 18.1 Å². The van der Waals surface area contributed by atoms with E-state index in [9.17, 15) is 14.7 Å². The van der Waals surface area contributed by atoms with E-state index in [2.05, 4.69) is 15.8 Å². The molecule has 24 heavy (non-hydrogen) atoms. The molecule has 7 nitrogen and oxygen atoms in total. The molecule has 0 saturated heterocycles. The molecular formula is C16H17N3O4S. The van der Waals surface area contributed by atoms with Gasteiger partial charge in [-0.15, -0.1) is 0 Å². The highest BCUT2D eigenvalue weighted by Gasteiger charge is 2.35. The van der Waals surface area contributed by atoms with E-state index in [4.69, 9.17) is 4.52 Å². The fourth-order valence-electron chi connectivity index (χ4n) is 2.56. The van der Waals surface area contributed by atoms with Crippen LogP contribution in [-0.4, -0.2) is 34.4 Å². The molecule has 3 N–H and O–H groups in total. The van der Waals surface area contributed by atoms with Crippen LogP contribution in [0.2, 0.25) is 0 Å². The van der Waals surface area contributed by atoms with Crippen molar-refractivity contribution in [3.05, 3.63) is 47.2 Å². The average Bonchev–Trinajstić information content (AvgIpc) is 2.98. The molecule has 1 aliphatic heterocycles. The SMILES string of the molecule is Cc1cc(NC(=O)C(=O)NCC2(O)CSCc3ccccc32)no1. The first-order valence-electron chi connectivity index (χ1n) is 7.39. The molecule has 2 amide bonds. The van der Waals surface area contributed by atoms with Crippen LogP contribution in [-0.2, 0) is 20.9 Å². The van der Waals surface area contributed by atoms with E-state index in [1.54, 1.807) is 18.7 Å². The van der Waals surface area contributed by atoms with E-state index >= 15 is 0 Å². The average molecular weight is 347 g/mol. The van der Waals surface area contributed by atoms with Gasteiger partial charge in [0.1, 0.15) is 11.4 Å². The van der Waals surface area contributed by atoms with Crippen molar-refractivity contribution in [1.82, 2.24) is 10.5 Å². The summed E-state index contributed by atoms with van der Waals surface area (Å²) in [6.07, 6.45) is 0. The first-order valence-corrected chi connectivity index (χ1v) is 8.54. The van der Waals surface area contributed by atoms with Crippen LogP contribution in [0.5, 0.6) is 0 Å². The summed E-state index contributed by atoms with van der Waals surface area (Å²) in [7, 11) is 0. The Kier molecular flexibility index (Phi) is 4.59. The van der Waals surface area contributed by atoms with Crippen LogP contribution in [0.1, 0.15) is 16.9 Å². The van der Waals surface area contributed by atoms with E-state index < -0.39 is 17.4 Å². The maximum atomic E-state index is 12.0. The molecule has 1 atom stereocenters. The molecule has 126 valence electrons. The predicted octanol–water partition coefficient (Wildman–Crippen LogP) is 1.17. The van der Waals surface area contributed by atoms with Gasteiger partial charge in [-0.2, -0.15) is 11.8 Å². The maximum absolute atomic E-state index is 12.0. The number of nitrogens with one attached hydrogen (secondary N) is 2. The number of aromatic nitrogens is 1. The Morgan fingerprint density at radius 1 is 1.38 bits per heavy atom. The molecule has 0 saturated carbocycles. The van der Waals surface area contributed by atoms with Gasteiger partial charge >= 0.3 is 11.8 Å². The highest BCUT2D eigenvalue weighted by Crippen LogP contribution is 2.35. The number of amides is 2. The van der Waals surface area contributed by atoms with Gasteiger partial charge in [-0.1, -0.05) is 29.4 Å². The standard InChI is InChI=1S/C16H17N3O4S/c1-10-6-13(19-23-10)18-15(21)14(20)17-8-16(22)9-24-7-11-4-2-3-5-12(11)16/h2-6,22H,7-9H2,1H3,(H,17,20)(H,18,19,21). The molecule has 1 aliphatic rings. The lowest BCUT2D eigenvalue weighted by molar-refractivity contribution is -0.136. The van der Waals surface area contributed by atoms with Crippen LogP contribution in [0.15, 0.2) is 34.9 Å². The highest BCUT2D eigenvalue weighted by molar-refractivity contribution is 7.98. The molecule has 0 spiro atoms. The van der Waals surface area contributed by atoms with Crippen LogP contribution >= 0.6 is 11.8 Å². The second-order valence-corrected chi connectivity index (χ2v) is 6.63. The Morgan fingerprint density at radius 3 is 2.92 bits per heavy atom. The minimum atomic E-state index is -1.19. The number of aryl methyl sites for hydroxylation is 1. The summed E-state index contributed by atoms with van der Waals surface area (Å²) in [5.74, 6) is 0.272. The zero-order chi connectivity index (χ0) is 17.2. The van der Waals surface area contributed by atoms with Crippen LogP contribution in [0, 0.1) is 6.92 Å². The maximum Gasteiger partial charge on any atom is 0.314 e. The number of fused-ring (bicyclic) bond motifs is 1. The molecule has 2 aromatic rings. The number of anilines is 1. The number of aliphatic hydroxyl groups is 1. The molecule has 0 fully saturated rings. The fourth-order valence-corrected chi connectivity index (χ4v) is 3.73. The van der Waals surface area contributed by atoms with Gasteiger partial charge in [0.15, 0.2) is 5.82 Å². The lowest BCUT2D eigenvalue weighted by Gasteiger charge is -2.34. The van der Waals surface area contributed by atoms with Crippen molar-refractivity contribution in [1.29, 1.82) is 0 Å². The minimum Gasteiger partial charge on any atom is -0.382 e. The second-order valence-electron chi connectivity index (χ2n) is 5.64. The van der Waals surface area contributed by atoms with E-state index in [1.165, 1.54) is 6.07 Å². The molecular weight excluding hydrogens is 330 g/mol. The van der Waals surface area contributed by atoms with Crippen molar-refractivity contribution in [3.8, 4) is 0 Å². The van der Waals surface area contributed by atoms with Crippen molar-refractivity contribution in [2.24, 2.45) is 0 Å². The van der Waals surface area contributed by atoms with Gasteiger partial charge < -0.3 is 14.9 Å². The quantitative estimate of drug-likeness (QED) is 0.720. The van der Waals surface area contributed by atoms with Crippen LogP contribution in [0.25, 0.3) is 0 Å². The number of benzene rings is 1. The molecule has 1 aromatic heterocycles. The number of hydrogen-bond donors (Lipinski definition) is 3. The summed E-state index contributed by atoms with van der Waals surface area (Å²) < 4.78 is 4.82. The van der Waals surface area contributed by atoms with Crippen molar-refractivity contribution >= 4 is 29.4 Å². The van der Waals surface area contributed by atoms with Crippen molar-refractivity contribution in [3.63, 3.8) is 0 Å². The first-order chi connectivity index (χ1) is 11.5. The first kappa shape index (κ1) is 16.5. The summed E-state index contributed by atoms with van der Waals surface area (Å²) in [5.41, 5.74) is 0.629. The van der Waals surface area contributed by atoms with Gasteiger partial charge in [-0.3, -0.25) is 14.9 Å². The summed E-state index contributed by atoms with van der Waals surface area (Å²) >= 11 is 1.59. The zero-order valence-corrected chi connectivity index (χ0v) is 13.9. The van der Waals surface area contributed by atoms with Gasteiger partial charge in [0.2, 0.25) is 0 Å². The number of hydrogen-bond acceptors (Lipinski definition) is 6. The lowest BCUT2D eigenvalue weighted by Crippen LogP contribution is -2.47. The highest BCUT2D eigenvalue weighted by atomic mass is 32.2. The van der Waals surface area contributed by atoms with E-state index in [-0.39, 0.29) is 12.4 Å². The summed E-state index contributed by atoms with van der Waals surface area (Å²) in [6, 6.07) is 9.07. The van der Waals surface area contributed by atoms with E-state index in [0.29, 0.717) is 11.5 Å². The van der Waals surface area contributed by atoms with Crippen LogP contribution < -0.4 is 10.6 Å². The number of carbonyl (C=O) groups is 2. The molecule has 0 aliphatic carbocycles. The molecule has 0 bridgehead atoms. The van der Waals surface area contributed by atoms with Gasteiger partial charge in [0, 0.05) is 17.6 Å². The normalized spacial score (nSPS) is 19.4. The van der Waals surface area contributed by atoms with Crippen molar-refractivity contribution in [2.45, 2.75) is 18.3 Å². The topological polar surface area (TPSA) is 104 Å². The number of rotatable bonds is 3. The largest absolute Gasteiger partial charge is 0.382 e. The number of carbonyl (C=O) groups excluding carboxylic acids is 2. The number of thioether (sulfide) groups is 1. The Hall–Kier alpha value is -2.32. The molecule has 3 rings (SSSR count). The number of nitrogens with zero attached hydrogens (tertiary/aromatic N) is 1. The molecule has 1 unspecified atom stereocenters. The van der Waals surface area contributed by atoms with Gasteiger partial charge in [0.25, 0.3) is 0 Å². The Labute approximate surface area is 142 Å². The third-order valence-corrected chi connectivity index (χ3v) is 4.93. The zero-order valence-electron chi connectivity index (χ0n) is 13.0. The second kappa shape index (κ2) is 6.66.